The Morgan fingerprint density at radius 2 is 1.10 bits per heavy atom. The Hall–Kier alpha value is -1.06. The maximum atomic E-state index is 12.8. The summed E-state index contributed by atoms with van der Waals surface area (Å²) in [7, 11) is -4.37. The van der Waals surface area contributed by atoms with Gasteiger partial charge in [0.15, 0.2) is 0 Å². The van der Waals surface area contributed by atoms with Gasteiger partial charge in [-0.25, -0.2) is 4.57 Å². The number of carbonyl (C=O) groups excluding carboxylic acids is 1. The average molecular weight is 759 g/mol. The lowest BCUT2D eigenvalue weighted by Crippen LogP contribution is -2.47. The Kier molecular flexibility index (Phi) is 37.4. The number of hydrogen-bond donors (Lipinski definition) is 5. The lowest BCUT2D eigenvalue weighted by molar-refractivity contribution is -0.125. The molecule has 4 unspecified atom stereocenters. The van der Waals surface area contributed by atoms with Gasteiger partial charge < -0.3 is 26.2 Å². The molecule has 0 saturated carbocycles. The van der Waals surface area contributed by atoms with E-state index in [0.29, 0.717) is 12.8 Å². The molecule has 0 radical (unpaired) electrons. The third-order valence-corrected chi connectivity index (χ3v) is 10.6. The van der Waals surface area contributed by atoms with Crippen molar-refractivity contribution < 1.29 is 33.5 Å². The number of phosphoric acid groups is 1. The van der Waals surface area contributed by atoms with Gasteiger partial charge in [-0.05, 0) is 44.9 Å². The molecule has 308 valence electrons. The molecule has 0 aromatic rings. The van der Waals surface area contributed by atoms with Crippen LogP contribution in [0.3, 0.4) is 0 Å². The summed E-state index contributed by atoms with van der Waals surface area (Å²) in [4.78, 5) is 22.7. The van der Waals surface area contributed by atoms with Crippen molar-refractivity contribution in [2.24, 2.45) is 5.73 Å². The van der Waals surface area contributed by atoms with E-state index in [2.05, 4.69) is 43.5 Å². The second-order valence-corrected chi connectivity index (χ2v) is 16.2. The summed E-state index contributed by atoms with van der Waals surface area (Å²) >= 11 is 0. The first-order valence-corrected chi connectivity index (χ1v) is 23.0. The van der Waals surface area contributed by atoms with E-state index in [1.54, 1.807) is 0 Å². The minimum absolute atomic E-state index is 0.0576. The molecular weight excluding hydrogens is 675 g/mol. The predicted molar refractivity (Wildman–Crippen MR) is 218 cm³/mol. The van der Waals surface area contributed by atoms with Crippen LogP contribution in [0.5, 0.6) is 0 Å². The zero-order valence-corrected chi connectivity index (χ0v) is 34.6. The molecule has 0 aliphatic carbocycles. The van der Waals surface area contributed by atoms with E-state index in [1.807, 2.05) is 0 Å². The lowest BCUT2D eigenvalue weighted by atomic mass is 10.0. The van der Waals surface area contributed by atoms with E-state index in [0.717, 1.165) is 64.2 Å². The Balaban J connectivity index is 4.17. The van der Waals surface area contributed by atoms with Crippen LogP contribution in [0.25, 0.3) is 0 Å². The first-order valence-electron chi connectivity index (χ1n) is 21.5. The number of carbonyl (C=O) groups is 1. The Morgan fingerprint density at radius 1 is 0.654 bits per heavy atom. The summed E-state index contributed by atoms with van der Waals surface area (Å²) in [6.07, 6.45) is 39.5. The standard InChI is InChI=1S/C42H83N2O7P/c1-3-5-7-9-11-13-14-15-16-17-18-19-20-21-22-23-24-26-27-29-31-33-39(45)37-42(47)44-40(38-51-52(48,49)50-36-35-43)41(46)34-32-30-28-25-12-10-8-6-4-2/h18-19,21-22,39-41,45-46H,3-17,20,23-38,43H2,1-2H3,(H,44,47)(H,48,49)/b19-18-,22-21-. The number of nitrogens with one attached hydrogen (secondary N) is 1. The number of phosphoric ester groups is 1. The topological polar surface area (TPSA) is 151 Å². The molecule has 52 heavy (non-hydrogen) atoms. The number of aliphatic hydroxyl groups is 2. The summed E-state index contributed by atoms with van der Waals surface area (Å²) in [5, 5.41) is 24.1. The molecule has 0 rings (SSSR count). The third kappa shape index (κ3) is 35.9. The minimum atomic E-state index is -4.37. The zero-order chi connectivity index (χ0) is 38.4. The first kappa shape index (κ1) is 50.9. The molecular formula is C42H83N2O7P. The highest BCUT2D eigenvalue weighted by molar-refractivity contribution is 7.47. The smallest absolute Gasteiger partial charge is 0.393 e. The summed E-state index contributed by atoms with van der Waals surface area (Å²) in [5.74, 6) is -0.423. The predicted octanol–water partition coefficient (Wildman–Crippen LogP) is 10.8. The molecule has 0 aromatic heterocycles. The molecule has 0 spiro atoms. The maximum Gasteiger partial charge on any atom is 0.472 e. The van der Waals surface area contributed by atoms with E-state index < -0.39 is 32.0 Å². The van der Waals surface area contributed by atoms with Crippen LogP contribution < -0.4 is 11.1 Å². The number of aliphatic hydroxyl groups excluding tert-OH is 2. The molecule has 0 bridgehead atoms. The number of nitrogens with two attached hydrogens (primary N) is 1. The highest BCUT2D eigenvalue weighted by atomic mass is 31.2. The van der Waals surface area contributed by atoms with Crippen LogP contribution in [0.15, 0.2) is 24.3 Å². The van der Waals surface area contributed by atoms with Gasteiger partial charge in [-0.1, -0.05) is 173 Å². The van der Waals surface area contributed by atoms with Crippen molar-refractivity contribution in [2.45, 2.75) is 218 Å². The second-order valence-electron chi connectivity index (χ2n) is 14.7. The minimum Gasteiger partial charge on any atom is -0.393 e. The largest absolute Gasteiger partial charge is 0.472 e. The van der Waals surface area contributed by atoms with Crippen molar-refractivity contribution in [3.63, 3.8) is 0 Å². The van der Waals surface area contributed by atoms with Gasteiger partial charge in [0.05, 0.1) is 37.9 Å². The summed E-state index contributed by atoms with van der Waals surface area (Å²) in [6.45, 7) is 4.01. The lowest BCUT2D eigenvalue weighted by Gasteiger charge is -2.25. The van der Waals surface area contributed by atoms with E-state index in [9.17, 15) is 24.5 Å². The fraction of sp³-hybridized carbons (Fsp3) is 0.881. The number of allylic oxidation sites excluding steroid dienone is 4. The highest BCUT2D eigenvalue weighted by Crippen LogP contribution is 2.43. The molecule has 9 nitrogen and oxygen atoms in total. The molecule has 0 aromatic carbocycles. The van der Waals surface area contributed by atoms with Gasteiger partial charge in [0.25, 0.3) is 0 Å². The quantitative estimate of drug-likeness (QED) is 0.0235. The summed E-state index contributed by atoms with van der Waals surface area (Å²) < 4.78 is 22.0. The number of unbranched alkanes of at least 4 members (excludes halogenated alkanes) is 22. The SMILES string of the molecule is CCCCCCCCCCC/C=C\C/C=C\CCCCCCCC(O)CC(=O)NC(COP(=O)(O)OCCN)C(O)CCCCCCCCCCC. The van der Waals surface area contributed by atoms with Gasteiger partial charge in [0.2, 0.25) is 5.91 Å². The molecule has 0 fully saturated rings. The highest BCUT2D eigenvalue weighted by Gasteiger charge is 2.28. The van der Waals surface area contributed by atoms with Crippen LogP contribution in [-0.4, -0.2) is 59.0 Å². The Bertz CT molecular complexity index is 888. The fourth-order valence-corrected chi connectivity index (χ4v) is 7.09. The fourth-order valence-electron chi connectivity index (χ4n) is 6.33. The Labute approximate surface area is 320 Å². The zero-order valence-electron chi connectivity index (χ0n) is 33.7. The van der Waals surface area contributed by atoms with Crippen molar-refractivity contribution in [3.8, 4) is 0 Å². The molecule has 0 heterocycles. The number of hydrogen-bond acceptors (Lipinski definition) is 7. The second kappa shape index (κ2) is 38.2. The van der Waals surface area contributed by atoms with Crippen molar-refractivity contribution in [1.82, 2.24) is 5.32 Å². The summed E-state index contributed by atoms with van der Waals surface area (Å²) in [6, 6.07) is -0.898. The molecule has 1 amide bonds. The van der Waals surface area contributed by atoms with E-state index >= 15 is 0 Å². The van der Waals surface area contributed by atoms with Crippen LogP contribution >= 0.6 is 7.82 Å². The van der Waals surface area contributed by atoms with E-state index in [4.69, 9.17) is 14.8 Å². The van der Waals surface area contributed by atoms with E-state index in [-0.39, 0.29) is 26.2 Å². The van der Waals surface area contributed by atoms with Gasteiger partial charge in [-0.15, -0.1) is 0 Å². The summed E-state index contributed by atoms with van der Waals surface area (Å²) in [5.41, 5.74) is 5.35. The maximum absolute atomic E-state index is 12.8. The first-order chi connectivity index (χ1) is 25.3. The van der Waals surface area contributed by atoms with Crippen LogP contribution in [0, 0.1) is 0 Å². The normalized spacial score (nSPS) is 15.0. The molecule has 10 heteroatoms. The van der Waals surface area contributed by atoms with E-state index in [1.165, 1.54) is 103 Å². The molecule has 6 N–H and O–H groups in total. The molecule has 4 atom stereocenters. The van der Waals surface area contributed by atoms with Gasteiger partial charge in [0.1, 0.15) is 0 Å². The van der Waals surface area contributed by atoms with Crippen molar-refractivity contribution in [3.05, 3.63) is 24.3 Å². The molecule has 0 saturated heterocycles. The number of rotatable bonds is 40. The molecule has 0 aliphatic heterocycles. The van der Waals surface area contributed by atoms with Gasteiger partial charge >= 0.3 is 7.82 Å². The Morgan fingerprint density at radius 3 is 1.58 bits per heavy atom. The third-order valence-electron chi connectivity index (χ3n) is 9.61. The van der Waals surface area contributed by atoms with Crippen LogP contribution in [0.2, 0.25) is 0 Å². The van der Waals surface area contributed by atoms with Crippen molar-refractivity contribution >= 4 is 13.7 Å². The monoisotopic (exact) mass is 759 g/mol. The van der Waals surface area contributed by atoms with Crippen LogP contribution in [0.1, 0.15) is 200 Å². The van der Waals surface area contributed by atoms with Crippen molar-refractivity contribution in [2.75, 3.05) is 19.8 Å². The van der Waals surface area contributed by atoms with Gasteiger partial charge in [0, 0.05) is 6.54 Å². The van der Waals surface area contributed by atoms with Gasteiger partial charge in [-0.3, -0.25) is 13.8 Å². The van der Waals surface area contributed by atoms with Crippen LogP contribution in [0.4, 0.5) is 0 Å². The van der Waals surface area contributed by atoms with Gasteiger partial charge in [-0.2, -0.15) is 0 Å². The molecule has 0 aliphatic rings. The van der Waals surface area contributed by atoms with Crippen LogP contribution in [-0.2, 0) is 18.4 Å². The number of amides is 1. The van der Waals surface area contributed by atoms with Crippen molar-refractivity contribution in [1.29, 1.82) is 0 Å². The average Bonchev–Trinajstić information content (AvgIpc) is 3.12.